The maximum atomic E-state index is 6.15. The number of aryl methyl sites for hydroxylation is 1. The summed E-state index contributed by atoms with van der Waals surface area (Å²) in [5.74, 6) is 0. The highest BCUT2D eigenvalue weighted by Gasteiger charge is 2.36. The van der Waals surface area contributed by atoms with Crippen LogP contribution in [0.1, 0.15) is 38.5 Å². The summed E-state index contributed by atoms with van der Waals surface area (Å²) in [7, 11) is 0. The zero-order chi connectivity index (χ0) is 12.4. The van der Waals surface area contributed by atoms with Gasteiger partial charge in [0.05, 0.1) is 6.33 Å². The highest BCUT2D eigenvalue weighted by atomic mass is 15.2. The Morgan fingerprint density at radius 1 is 1.17 bits per heavy atom. The van der Waals surface area contributed by atoms with E-state index in [1.54, 1.807) is 0 Å². The van der Waals surface area contributed by atoms with E-state index in [2.05, 4.69) is 14.5 Å². The standard InChI is InChI=1S/C14H24N4/c15-12-9-13-3-1-4-14(10-12)18(13)7-2-6-17-8-5-16-11-17/h5,8,11-14H,1-4,6-7,9-10,15H2. The third-order valence-corrected chi connectivity index (χ3v) is 4.55. The van der Waals surface area contributed by atoms with Crippen LogP contribution in [-0.4, -0.2) is 39.1 Å². The van der Waals surface area contributed by atoms with E-state index in [1.165, 1.54) is 45.1 Å². The molecule has 2 N–H and O–H groups in total. The van der Waals surface area contributed by atoms with Gasteiger partial charge in [-0.05, 0) is 32.1 Å². The molecule has 0 aromatic carbocycles. The molecule has 1 aromatic heterocycles. The van der Waals surface area contributed by atoms with Gasteiger partial charge in [-0.15, -0.1) is 0 Å². The zero-order valence-electron chi connectivity index (χ0n) is 11.0. The van der Waals surface area contributed by atoms with Gasteiger partial charge in [-0.1, -0.05) is 6.42 Å². The van der Waals surface area contributed by atoms with Crippen molar-refractivity contribution in [3.05, 3.63) is 18.7 Å². The van der Waals surface area contributed by atoms with Crippen LogP contribution in [0.4, 0.5) is 0 Å². The van der Waals surface area contributed by atoms with Gasteiger partial charge >= 0.3 is 0 Å². The summed E-state index contributed by atoms with van der Waals surface area (Å²) in [4.78, 5) is 6.83. The Kier molecular flexibility index (Phi) is 3.66. The molecule has 3 rings (SSSR count). The van der Waals surface area contributed by atoms with Crippen molar-refractivity contribution in [3.63, 3.8) is 0 Å². The maximum Gasteiger partial charge on any atom is 0.0945 e. The number of aromatic nitrogens is 2. The van der Waals surface area contributed by atoms with Crippen molar-refractivity contribution < 1.29 is 0 Å². The summed E-state index contributed by atoms with van der Waals surface area (Å²) in [6.45, 7) is 2.31. The summed E-state index contributed by atoms with van der Waals surface area (Å²) in [6.07, 6.45) is 13.6. The third kappa shape index (κ3) is 2.59. The van der Waals surface area contributed by atoms with Crippen LogP contribution >= 0.6 is 0 Å². The molecule has 18 heavy (non-hydrogen) atoms. The normalized spacial score (nSPS) is 32.6. The molecular formula is C14H24N4. The molecule has 0 aliphatic carbocycles. The van der Waals surface area contributed by atoms with Gasteiger partial charge in [0.1, 0.15) is 0 Å². The lowest BCUT2D eigenvalue weighted by atomic mass is 9.82. The lowest BCUT2D eigenvalue weighted by Crippen LogP contribution is -2.55. The van der Waals surface area contributed by atoms with Gasteiger partial charge in [0.15, 0.2) is 0 Å². The second-order valence-electron chi connectivity index (χ2n) is 5.86. The summed E-state index contributed by atoms with van der Waals surface area (Å²) in [6, 6.07) is 1.97. The third-order valence-electron chi connectivity index (χ3n) is 4.55. The highest BCUT2D eigenvalue weighted by molar-refractivity contribution is 4.93. The van der Waals surface area contributed by atoms with Crippen LogP contribution < -0.4 is 5.73 Å². The summed E-state index contributed by atoms with van der Waals surface area (Å²) >= 11 is 0. The van der Waals surface area contributed by atoms with Crippen LogP contribution in [0, 0.1) is 0 Å². The van der Waals surface area contributed by atoms with Gasteiger partial charge in [0.2, 0.25) is 0 Å². The van der Waals surface area contributed by atoms with E-state index in [9.17, 15) is 0 Å². The van der Waals surface area contributed by atoms with Crippen molar-refractivity contribution in [1.29, 1.82) is 0 Å². The van der Waals surface area contributed by atoms with Crippen molar-refractivity contribution in [2.45, 2.75) is 63.2 Å². The van der Waals surface area contributed by atoms with E-state index in [0.717, 1.165) is 18.6 Å². The van der Waals surface area contributed by atoms with E-state index >= 15 is 0 Å². The number of nitrogens with two attached hydrogens (primary N) is 1. The van der Waals surface area contributed by atoms with Gasteiger partial charge in [-0.25, -0.2) is 4.98 Å². The first-order valence-electron chi connectivity index (χ1n) is 7.30. The Balaban J connectivity index is 1.52. The van der Waals surface area contributed by atoms with Crippen molar-refractivity contribution in [1.82, 2.24) is 14.5 Å². The Morgan fingerprint density at radius 2 is 1.94 bits per heavy atom. The Bertz CT molecular complexity index is 348. The van der Waals surface area contributed by atoms with Crippen LogP contribution in [-0.2, 0) is 6.54 Å². The molecule has 2 atom stereocenters. The molecule has 4 nitrogen and oxygen atoms in total. The first-order valence-corrected chi connectivity index (χ1v) is 7.30. The fourth-order valence-electron chi connectivity index (χ4n) is 3.74. The second kappa shape index (κ2) is 5.41. The highest BCUT2D eigenvalue weighted by Crippen LogP contribution is 2.33. The summed E-state index contributed by atoms with van der Waals surface area (Å²) in [5.41, 5.74) is 6.15. The molecule has 2 fully saturated rings. The van der Waals surface area contributed by atoms with Crippen LogP contribution in [0.2, 0.25) is 0 Å². The molecule has 0 saturated carbocycles. The molecular weight excluding hydrogens is 224 g/mol. The quantitative estimate of drug-likeness (QED) is 0.880. The fourth-order valence-corrected chi connectivity index (χ4v) is 3.74. The Hall–Kier alpha value is -0.870. The average molecular weight is 248 g/mol. The predicted octanol–water partition coefficient (Wildman–Crippen LogP) is 1.62. The molecule has 0 spiro atoms. The topological polar surface area (TPSA) is 47.1 Å². The van der Waals surface area contributed by atoms with Crippen LogP contribution in [0.25, 0.3) is 0 Å². The molecule has 0 radical (unpaired) electrons. The van der Waals surface area contributed by atoms with E-state index < -0.39 is 0 Å². The van der Waals surface area contributed by atoms with Crippen LogP contribution in [0.15, 0.2) is 18.7 Å². The smallest absolute Gasteiger partial charge is 0.0945 e. The summed E-state index contributed by atoms with van der Waals surface area (Å²) in [5, 5.41) is 0. The van der Waals surface area contributed by atoms with E-state index in [4.69, 9.17) is 5.73 Å². The van der Waals surface area contributed by atoms with Crippen LogP contribution in [0.5, 0.6) is 0 Å². The minimum Gasteiger partial charge on any atom is -0.337 e. The van der Waals surface area contributed by atoms with E-state index in [1.807, 2.05) is 18.7 Å². The second-order valence-corrected chi connectivity index (χ2v) is 5.86. The minimum atomic E-state index is 0.449. The van der Waals surface area contributed by atoms with Gasteiger partial charge in [-0.3, -0.25) is 4.90 Å². The van der Waals surface area contributed by atoms with E-state index in [-0.39, 0.29) is 0 Å². The van der Waals surface area contributed by atoms with Gasteiger partial charge in [-0.2, -0.15) is 0 Å². The molecule has 0 amide bonds. The molecule has 2 saturated heterocycles. The van der Waals surface area contributed by atoms with Crippen molar-refractivity contribution in [2.75, 3.05) is 6.54 Å². The Labute approximate surface area is 109 Å². The van der Waals surface area contributed by atoms with Crippen LogP contribution in [0.3, 0.4) is 0 Å². The largest absolute Gasteiger partial charge is 0.337 e. The number of hydrogen-bond donors (Lipinski definition) is 1. The number of piperidine rings is 2. The van der Waals surface area contributed by atoms with Gasteiger partial charge < -0.3 is 10.3 Å². The first kappa shape index (κ1) is 12.2. The number of nitrogens with zero attached hydrogens (tertiary/aromatic N) is 3. The Morgan fingerprint density at radius 3 is 2.61 bits per heavy atom. The lowest BCUT2D eigenvalue weighted by Gasteiger charge is -2.48. The number of hydrogen-bond acceptors (Lipinski definition) is 3. The molecule has 2 aliphatic heterocycles. The SMILES string of the molecule is NC1CC2CCCC(C1)N2CCCn1ccnc1. The molecule has 2 bridgehead atoms. The number of rotatable bonds is 4. The van der Waals surface area contributed by atoms with Crippen molar-refractivity contribution in [2.24, 2.45) is 5.73 Å². The molecule has 3 heterocycles. The number of fused-ring (bicyclic) bond motifs is 2. The average Bonchev–Trinajstić information content (AvgIpc) is 2.83. The predicted molar refractivity (Wildman–Crippen MR) is 72.2 cm³/mol. The van der Waals surface area contributed by atoms with E-state index in [0.29, 0.717) is 6.04 Å². The monoisotopic (exact) mass is 248 g/mol. The summed E-state index contributed by atoms with van der Waals surface area (Å²) < 4.78 is 2.17. The zero-order valence-corrected chi connectivity index (χ0v) is 11.0. The van der Waals surface area contributed by atoms with Crippen molar-refractivity contribution in [3.8, 4) is 0 Å². The molecule has 4 heteroatoms. The fraction of sp³-hybridized carbons (Fsp3) is 0.786. The molecule has 1 aromatic rings. The first-order chi connectivity index (χ1) is 8.83. The molecule has 2 unspecified atom stereocenters. The molecule has 100 valence electrons. The van der Waals surface area contributed by atoms with Gasteiger partial charge in [0.25, 0.3) is 0 Å². The number of imidazole rings is 1. The lowest BCUT2D eigenvalue weighted by molar-refractivity contribution is 0.0299. The van der Waals surface area contributed by atoms with Crippen molar-refractivity contribution >= 4 is 0 Å². The molecule has 2 aliphatic rings. The minimum absolute atomic E-state index is 0.449. The van der Waals surface area contributed by atoms with Gasteiger partial charge in [0, 0.05) is 43.6 Å². The maximum absolute atomic E-state index is 6.15.